The van der Waals surface area contributed by atoms with Crippen LogP contribution < -0.4 is 0 Å². The van der Waals surface area contributed by atoms with Gasteiger partial charge in [-0.1, -0.05) is 305 Å². The molecule has 0 aromatic rings. The lowest BCUT2D eigenvalue weighted by molar-refractivity contribution is -0.238. The van der Waals surface area contributed by atoms with Gasteiger partial charge in [0.1, 0.15) is 33.6 Å². The van der Waals surface area contributed by atoms with Crippen LogP contribution in [0.1, 0.15) is 531 Å². The number of esters is 6. The highest BCUT2D eigenvalue weighted by Gasteiger charge is 2.71. The van der Waals surface area contributed by atoms with E-state index in [2.05, 4.69) is 164 Å². The summed E-state index contributed by atoms with van der Waals surface area (Å²) in [7, 11) is 0. The fraction of sp³-hybridized carbons (Fsp3) is 0.867. The van der Waals surface area contributed by atoms with Gasteiger partial charge in [-0.15, -0.1) is 0 Å². The van der Waals surface area contributed by atoms with Crippen molar-refractivity contribution in [3.63, 3.8) is 0 Å². The smallest absolute Gasteiger partial charge is 0.333 e. The molecule has 0 heterocycles. The van der Waals surface area contributed by atoms with Crippen LogP contribution in [-0.4, -0.2) is 69.4 Å². The topological polar surface area (TPSA) is 158 Å². The normalized spacial score (nSPS) is 40.6. The van der Waals surface area contributed by atoms with Gasteiger partial charge in [0, 0.05) is 82.3 Å². The van der Waals surface area contributed by atoms with Gasteiger partial charge in [0.15, 0.2) is 0 Å². The molecule has 834 valence electrons. The zero-order valence-electron chi connectivity index (χ0n) is 98.7. The predicted octanol–water partition coefficient (Wildman–Crippen LogP) is 36.6. The highest BCUT2D eigenvalue weighted by Crippen LogP contribution is 2.74. The molecular formula is C135H222O12. The minimum absolute atomic E-state index is 0.149. The second-order valence-corrected chi connectivity index (χ2v) is 58.2. The zero-order valence-corrected chi connectivity index (χ0v) is 98.7. The Balaban J connectivity index is 0.000000147. The third-order valence-corrected chi connectivity index (χ3v) is 45.5. The molecule has 24 aliphatic rings. The minimum atomic E-state index is -0.236. The predicted molar refractivity (Wildman–Crippen MR) is 605 cm³/mol. The Bertz CT molecular complexity index is 4320. The van der Waals surface area contributed by atoms with Gasteiger partial charge in [-0.25, -0.2) is 28.8 Å². The van der Waals surface area contributed by atoms with Crippen molar-refractivity contribution in [2.24, 2.45) is 175 Å². The van der Waals surface area contributed by atoms with E-state index in [0.29, 0.717) is 144 Å². The molecule has 147 heavy (non-hydrogen) atoms. The van der Waals surface area contributed by atoms with Gasteiger partial charge >= 0.3 is 35.8 Å². The van der Waals surface area contributed by atoms with Crippen molar-refractivity contribution in [1.82, 2.24) is 0 Å². The fourth-order valence-corrected chi connectivity index (χ4v) is 39.9. The molecule has 24 rings (SSSR count). The summed E-state index contributed by atoms with van der Waals surface area (Å²) in [4.78, 5) is 74.2. The van der Waals surface area contributed by atoms with Crippen LogP contribution in [-0.2, 0) is 57.2 Å². The second kappa shape index (κ2) is 50.2. The molecule has 0 aliphatic heterocycles. The van der Waals surface area contributed by atoms with Crippen LogP contribution in [0.5, 0.6) is 0 Å². The van der Waals surface area contributed by atoms with Gasteiger partial charge in [-0.3, -0.25) is 0 Å². The van der Waals surface area contributed by atoms with Crippen LogP contribution in [0.25, 0.3) is 0 Å². The fourth-order valence-electron chi connectivity index (χ4n) is 39.9. The molecule has 18 unspecified atom stereocenters. The Morgan fingerprint density at radius 2 is 0.449 bits per heavy atom. The number of hydrogen-bond donors (Lipinski definition) is 0. The summed E-state index contributed by atoms with van der Waals surface area (Å²) in [6.07, 6.45) is 80.7. The van der Waals surface area contributed by atoms with Gasteiger partial charge in [0.25, 0.3) is 0 Å². The first-order valence-corrected chi connectivity index (χ1v) is 62.9. The molecule has 24 bridgehead atoms. The number of unbranched alkanes of at least 4 members (excludes halogenated alkanes) is 16. The molecular weight excluding hydrogens is 1810 g/mol. The van der Waals surface area contributed by atoms with E-state index in [9.17, 15) is 28.8 Å². The van der Waals surface area contributed by atoms with E-state index in [1.165, 1.54) is 391 Å². The Morgan fingerprint density at radius 1 is 0.252 bits per heavy atom. The lowest BCUT2D eigenvalue weighted by Crippen LogP contribution is -2.64. The summed E-state index contributed by atoms with van der Waals surface area (Å²) in [6, 6.07) is 0. The van der Waals surface area contributed by atoms with Gasteiger partial charge in [0.2, 0.25) is 0 Å². The lowest BCUT2D eigenvalue weighted by atomic mass is 9.43. The van der Waals surface area contributed by atoms with E-state index >= 15 is 0 Å². The molecule has 12 nitrogen and oxygen atoms in total. The molecule has 18 atom stereocenters. The average Bonchev–Trinajstić information content (AvgIpc) is 0.672. The Labute approximate surface area is 900 Å². The van der Waals surface area contributed by atoms with E-state index in [1.54, 1.807) is 20.8 Å². The summed E-state index contributed by atoms with van der Waals surface area (Å²) >= 11 is 0. The first-order chi connectivity index (χ1) is 69.7. The molecule has 0 aromatic carbocycles. The van der Waals surface area contributed by atoms with Crippen molar-refractivity contribution >= 4 is 35.8 Å². The lowest BCUT2D eigenvalue weighted by Gasteiger charge is -2.65. The number of carbonyl (C=O) groups excluding carboxylic acids is 6. The summed E-state index contributed by atoms with van der Waals surface area (Å²) in [5, 5.41) is 0. The number of rotatable bonds is 48. The first kappa shape index (κ1) is 119. The van der Waals surface area contributed by atoms with Crippen LogP contribution in [0.15, 0.2) is 74.4 Å². The molecule has 0 aromatic heterocycles. The van der Waals surface area contributed by atoms with Crippen LogP contribution in [0.2, 0.25) is 0 Å². The SMILES string of the molecule is C=C(C)C(=O)OC1(C(C)CCC(C)CC)C2CC3CC1CC(C)(C3)C2.C=C(C)C(=O)OC1(C(C)CCCCCC)C2CC3CC1CC(C)(C3)C2.C=C(C)C(=O)OC1(CCCCCCCC)C2CC3CC1CC(C)(C3)C2.C=CC(=O)OC1(C(C)CCC(C)CC)C2CC3CC1CC(C)(C3)C2.C=CC(=O)OC1(C(C)CCCCCC)C2CC3CC1CC(C)(C3)C2.C=CC(=O)OC1(CCCCCCCC)C2CC3CC1CC(C)(C3)C2. The Kier molecular flexibility index (Phi) is 40.7. The molecule has 0 radical (unpaired) electrons. The molecule has 24 saturated carbocycles. The average molecular weight is 2040 g/mol. The highest BCUT2D eigenvalue weighted by atomic mass is 16.6. The van der Waals surface area contributed by atoms with E-state index < -0.39 is 0 Å². The maximum absolute atomic E-state index is 12.6. The Hall–Kier alpha value is -4.74. The van der Waals surface area contributed by atoms with Crippen molar-refractivity contribution < 1.29 is 57.2 Å². The van der Waals surface area contributed by atoms with Crippen molar-refractivity contribution in [3.05, 3.63) is 74.4 Å². The van der Waals surface area contributed by atoms with Gasteiger partial charge in [-0.05, 0) is 392 Å². The van der Waals surface area contributed by atoms with Gasteiger partial charge in [-0.2, -0.15) is 0 Å². The van der Waals surface area contributed by atoms with Crippen molar-refractivity contribution in [1.29, 1.82) is 0 Å². The molecule has 0 N–H and O–H groups in total. The monoisotopic (exact) mass is 2040 g/mol. The molecule has 12 heteroatoms. The summed E-state index contributed by atoms with van der Waals surface area (Å²) < 4.78 is 37.9. The van der Waals surface area contributed by atoms with E-state index in [-0.39, 0.29) is 69.4 Å². The number of hydrogen-bond acceptors (Lipinski definition) is 12. The highest BCUT2D eigenvalue weighted by molar-refractivity contribution is 5.88. The van der Waals surface area contributed by atoms with E-state index in [0.717, 1.165) is 60.2 Å². The quantitative estimate of drug-likeness (QED) is 0.0246. The van der Waals surface area contributed by atoms with Crippen molar-refractivity contribution in [2.75, 3.05) is 0 Å². The molecule has 0 amide bonds. The zero-order chi connectivity index (χ0) is 107. The maximum Gasteiger partial charge on any atom is 0.333 e. The van der Waals surface area contributed by atoms with Gasteiger partial charge in [0.05, 0.1) is 0 Å². The standard InChI is InChI=1S/3C23H38O2.3C22H36O2/c1-7-16(4)8-9-17(5)23(25-21(24)15(2)3)19-10-18-11-20(23)14-22(6,12-18)13-19;1-6-7-8-9-10-17(4)23(25-21(24)16(2)3)19-11-18-12-20(23)15-22(5,13-18)14-19;1-5-6-7-8-9-10-11-23(25-21(24)17(2)3)19-12-18-13-20(23)16-22(4,14-18)15-19;1-6-15(3)8-9-16(4)22(24-20(23)7-2)18-10-17-11-19(22)14-21(5,12-17)13-18;1-5-7-8-9-10-16(3)22(24-20(23)6-2)18-11-17-12-19(22)15-21(4,13-17)14-18;1-4-6-7-8-9-10-11-22(24-20(23)5-2)18-12-17-13-19(22)16-21(3,14-17)15-18/h16-20H,2,7-14H2,1,3-6H3;17-20H,2,6-15H2,1,3-5H3;18-20H,2,5-16H2,1,3-4H3;7,15-19H,2,6,8-14H2,1,3-5H3;6,16-19H,2,5,7-15H2,1,3-4H3;5,17-19H,2,4,6-16H2,1,3H3. The van der Waals surface area contributed by atoms with Crippen LogP contribution in [0.4, 0.5) is 0 Å². The molecule has 24 aliphatic carbocycles. The van der Waals surface area contributed by atoms with Gasteiger partial charge < -0.3 is 28.4 Å². The summed E-state index contributed by atoms with van der Waals surface area (Å²) in [6.45, 7) is 70.5. The Morgan fingerprint density at radius 3 is 0.680 bits per heavy atom. The van der Waals surface area contributed by atoms with Crippen molar-refractivity contribution in [2.45, 2.75) is 564 Å². The number of ether oxygens (including phenoxy) is 6. The molecule has 0 spiro atoms. The maximum atomic E-state index is 12.6. The largest absolute Gasteiger partial charge is 0.455 e. The summed E-state index contributed by atoms with van der Waals surface area (Å²) in [5.74, 6) is 14.4. The van der Waals surface area contributed by atoms with Crippen molar-refractivity contribution in [3.8, 4) is 0 Å². The summed E-state index contributed by atoms with van der Waals surface area (Å²) in [5.41, 5.74) is 3.42. The third kappa shape index (κ3) is 26.5. The third-order valence-electron chi connectivity index (χ3n) is 45.5. The van der Waals surface area contributed by atoms with E-state index in [4.69, 9.17) is 28.4 Å². The number of carbonyl (C=O) groups is 6. The van der Waals surface area contributed by atoms with E-state index in [1.807, 2.05) is 0 Å². The molecule has 0 saturated heterocycles. The minimum Gasteiger partial charge on any atom is -0.455 e. The second-order valence-electron chi connectivity index (χ2n) is 58.2. The van der Waals surface area contributed by atoms with Crippen LogP contribution in [0.3, 0.4) is 0 Å². The first-order valence-electron chi connectivity index (χ1n) is 62.9. The van der Waals surface area contributed by atoms with Crippen LogP contribution in [0, 0.1) is 175 Å². The molecule has 24 fully saturated rings. The van der Waals surface area contributed by atoms with Crippen LogP contribution >= 0.6 is 0 Å².